The molecule has 1 aromatic heterocycles. The molecule has 1 fully saturated rings. The highest BCUT2D eigenvalue weighted by atomic mass is 35.5. The summed E-state index contributed by atoms with van der Waals surface area (Å²) in [7, 11) is 0. The maximum absolute atomic E-state index is 5.65. The third-order valence-electron chi connectivity index (χ3n) is 3.28. The minimum Gasteiger partial charge on any atom is -0.382 e. The Labute approximate surface area is 102 Å². The number of anilines is 1. The molecular weight excluding hydrogens is 224 g/mol. The highest BCUT2D eigenvalue weighted by Crippen LogP contribution is 2.28. The number of fused-ring (bicyclic) bond motifs is 1. The fraction of sp³-hybridized carbons (Fsp3) is 0.636. The molecule has 0 saturated heterocycles. The Balaban J connectivity index is 0.000000963. The van der Waals surface area contributed by atoms with Crippen molar-refractivity contribution in [1.82, 2.24) is 14.9 Å². The molecule has 3 rings (SSSR count). The fourth-order valence-electron chi connectivity index (χ4n) is 2.29. The van der Waals surface area contributed by atoms with Gasteiger partial charge in [0.15, 0.2) is 0 Å². The molecule has 0 spiro atoms. The normalized spacial score (nSPS) is 20.8. The second kappa shape index (κ2) is 4.55. The summed E-state index contributed by atoms with van der Waals surface area (Å²) in [5, 5.41) is 0. The van der Waals surface area contributed by atoms with Crippen LogP contribution in [0.2, 0.25) is 0 Å². The third kappa shape index (κ3) is 2.28. The maximum Gasteiger partial charge on any atom is 0.142 e. The lowest BCUT2D eigenvalue weighted by molar-refractivity contribution is 0.276. The molecule has 0 atom stereocenters. The largest absolute Gasteiger partial charge is 0.382 e. The van der Waals surface area contributed by atoms with E-state index in [4.69, 9.17) is 5.73 Å². The average Bonchev–Trinajstić information content (AvgIpc) is 3.01. The van der Waals surface area contributed by atoms with Crippen LogP contribution in [0.15, 0.2) is 6.20 Å². The fourth-order valence-corrected chi connectivity index (χ4v) is 2.29. The molecule has 88 valence electrons. The summed E-state index contributed by atoms with van der Waals surface area (Å²) in [5.41, 5.74) is 7.91. The molecule has 1 saturated carbocycles. The zero-order chi connectivity index (χ0) is 10.3. The van der Waals surface area contributed by atoms with Gasteiger partial charge >= 0.3 is 0 Å². The summed E-state index contributed by atoms with van der Waals surface area (Å²) in [6.45, 7) is 2.26. The van der Waals surface area contributed by atoms with Gasteiger partial charge in [0, 0.05) is 32.0 Å². The summed E-state index contributed by atoms with van der Waals surface area (Å²) in [6.07, 6.45) is 6.45. The molecule has 0 unspecified atom stereocenters. The van der Waals surface area contributed by atoms with Gasteiger partial charge in [0.05, 0.1) is 17.6 Å². The van der Waals surface area contributed by atoms with E-state index in [-0.39, 0.29) is 12.4 Å². The van der Waals surface area contributed by atoms with E-state index in [0.29, 0.717) is 5.82 Å². The van der Waals surface area contributed by atoms with Gasteiger partial charge in [0.1, 0.15) is 5.82 Å². The van der Waals surface area contributed by atoms with Crippen LogP contribution in [0.4, 0.5) is 5.82 Å². The summed E-state index contributed by atoms with van der Waals surface area (Å²) >= 11 is 0. The number of nitrogen functional groups attached to an aromatic ring is 1. The predicted molar refractivity (Wildman–Crippen MR) is 65.7 cm³/mol. The van der Waals surface area contributed by atoms with Crippen LogP contribution in [0, 0.1) is 0 Å². The van der Waals surface area contributed by atoms with Crippen molar-refractivity contribution in [2.45, 2.75) is 31.7 Å². The number of hydrogen-bond donors (Lipinski definition) is 1. The number of rotatable bonds is 1. The van der Waals surface area contributed by atoms with E-state index in [9.17, 15) is 0 Å². The van der Waals surface area contributed by atoms with Gasteiger partial charge < -0.3 is 5.73 Å². The topological polar surface area (TPSA) is 55.0 Å². The monoisotopic (exact) mass is 240 g/mol. The van der Waals surface area contributed by atoms with Crippen molar-refractivity contribution in [3.63, 3.8) is 0 Å². The SMILES string of the molecule is Cl.Nc1cnc2c(n1)CCN(C1CC1)CC2. The first-order chi connectivity index (χ1) is 7.33. The zero-order valence-electron chi connectivity index (χ0n) is 9.22. The zero-order valence-corrected chi connectivity index (χ0v) is 10.0. The summed E-state index contributed by atoms with van der Waals surface area (Å²) in [5.74, 6) is 0.550. The van der Waals surface area contributed by atoms with Crippen molar-refractivity contribution in [3.05, 3.63) is 17.6 Å². The maximum atomic E-state index is 5.65. The van der Waals surface area contributed by atoms with Crippen LogP contribution in [-0.2, 0) is 12.8 Å². The lowest BCUT2D eigenvalue weighted by Crippen LogP contribution is -2.28. The van der Waals surface area contributed by atoms with Crippen LogP contribution in [0.3, 0.4) is 0 Å². The first kappa shape index (κ1) is 11.6. The Morgan fingerprint density at radius 3 is 2.56 bits per heavy atom. The van der Waals surface area contributed by atoms with Crippen LogP contribution in [0.25, 0.3) is 0 Å². The Bertz CT molecular complexity index is 378. The standard InChI is InChI=1S/C11H16N4.ClH/c12-11-7-13-9-3-5-15(8-1-2-8)6-4-10(9)14-11;/h7-8H,1-6H2,(H2,12,14);1H. The molecule has 2 heterocycles. The summed E-state index contributed by atoms with van der Waals surface area (Å²) < 4.78 is 0. The quantitative estimate of drug-likeness (QED) is 0.797. The van der Waals surface area contributed by atoms with Crippen LogP contribution < -0.4 is 5.73 Å². The number of halogens is 1. The van der Waals surface area contributed by atoms with Crippen molar-refractivity contribution in [2.75, 3.05) is 18.8 Å². The number of nitrogens with two attached hydrogens (primary N) is 1. The van der Waals surface area contributed by atoms with Gasteiger partial charge in [-0.25, -0.2) is 4.98 Å². The van der Waals surface area contributed by atoms with E-state index >= 15 is 0 Å². The van der Waals surface area contributed by atoms with E-state index in [1.165, 1.54) is 12.8 Å². The highest BCUT2D eigenvalue weighted by molar-refractivity contribution is 5.85. The van der Waals surface area contributed by atoms with Crippen molar-refractivity contribution in [2.24, 2.45) is 0 Å². The van der Waals surface area contributed by atoms with Gasteiger partial charge in [-0.2, -0.15) is 0 Å². The highest BCUT2D eigenvalue weighted by Gasteiger charge is 2.30. The molecule has 1 aliphatic heterocycles. The molecule has 4 nitrogen and oxygen atoms in total. The molecule has 0 bridgehead atoms. The Hall–Kier alpha value is -0.870. The second-order valence-electron chi connectivity index (χ2n) is 4.46. The van der Waals surface area contributed by atoms with E-state index in [1.54, 1.807) is 6.20 Å². The molecule has 2 N–H and O–H groups in total. The van der Waals surface area contributed by atoms with Crippen LogP contribution in [0.5, 0.6) is 0 Å². The average molecular weight is 241 g/mol. The Morgan fingerprint density at radius 1 is 1.19 bits per heavy atom. The van der Waals surface area contributed by atoms with Gasteiger partial charge in [-0.05, 0) is 12.8 Å². The molecule has 1 aromatic rings. The molecule has 1 aliphatic carbocycles. The predicted octanol–water partition coefficient (Wildman–Crippen LogP) is 1.04. The van der Waals surface area contributed by atoms with Crippen molar-refractivity contribution in [3.8, 4) is 0 Å². The first-order valence-electron chi connectivity index (χ1n) is 5.67. The van der Waals surface area contributed by atoms with E-state index in [0.717, 1.165) is 43.4 Å². The van der Waals surface area contributed by atoms with Gasteiger partial charge in [-0.3, -0.25) is 9.88 Å². The molecule has 5 heteroatoms. The molecular formula is C11H17ClN4. The smallest absolute Gasteiger partial charge is 0.142 e. The van der Waals surface area contributed by atoms with E-state index < -0.39 is 0 Å². The van der Waals surface area contributed by atoms with Crippen molar-refractivity contribution in [1.29, 1.82) is 0 Å². The van der Waals surface area contributed by atoms with Crippen LogP contribution in [-0.4, -0.2) is 34.0 Å². The van der Waals surface area contributed by atoms with Gasteiger partial charge in [-0.1, -0.05) is 0 Å². The molecule has 0 radical (unpaired) electrons. The summed E-state index contributed by atoms with van der Waals surface area (Å²) in [6, 6.07) is 0.844. The van der Waals surface area contributed by atoms with Crippen LogP contribution >= 0.6 is 12.4 Å². The number of hydrogen-bond acceptors (Lipinski definition) is 4. The lowest BCUT2D eigenvalue weighted by Gasteiger charge is -2.17. The van der Waals surface area contributed by atoms with Crippen molar-refractivity contribution >= 4 is 18.2 Å². The van der Waals surface area contributed by atoms with Gasteiger partial charge in [0.2, 0.25) is 0 Å². The van der Waals surface area contributed by atoms with Crippen molar-refractivity contribution < 1.29 is 0 Å². The van der Waals surface area contributed by atoms with E-state index in [1.807, 2.05) is 0 Å². The Morgan fingerprint density at radius 2 is 1.88 bits per heavy atom. The second-order valence-corrected chi connectivity index (χ2v) is 4.46. The number of nitrogens with zero attached hydrogens (tertiary/aromatic N) is 3. The molecule has 0 aromatic carbocycles. The lowest BCUT2D eigenvalue weighted by atomic mass is 10.2. The Kier molecular flexibility index (Phi) is 3.30. The van der Waals surface area contributed by atoms with Gasteiger partial charge in [0.25, 0.3) is 0 Å². The first-order valence-corrected chi connectivity index (χ1v) is 5.67. The molecule has 16 heavy (non-hydrogen) atoms. The van der Waals surface area contributed by atoms with E-state index in [2.05, 4.69) is 14.9 Å². The summed E-state index contributed by atoms with van der Waals surface area (Å²) in [4.78, 5) is 11.3. The third-order valence-corrected chi connectivity index (χ3v) is 3.28. The molecule has 2 aliphatic rings. The minimum atomic E-state index is 0. The number of aromatic nitrogens is 2. The van der Waals surface area contributed by atoms with Crippen LogP contribution in [0.1, 0.15) is 24.2 Å². The minimum absolute atomic E-state index is 0. The van der Waals surface area contributed by atoms with Gasteiger partial charge in [-0.15, -0.1) is 12.4 Å². The molecule has 0 amide bonds.